The molecule has 1 aromatic heterocycles. The smallest absolute Gasteiger partial charge is 1.00 e. The van der Waals surface area contributed by atoms with Gasteiger partial charge in [0.2, 0.25) is 0 Å². The standard InChI is InChI=1S/C8H6N.ClH.Mg/c1-2-4-8-7(3-1)5-6-9-8;;/h1-5,9H;1H;/q-1;;+2/p-1. The predicted molar refractivity (Wildman–Crippen MR) is 42.9 cm³/mol. The second kappa shape index (κ2) is 4.65. The quantitative estimate of drug-likeness (QED) is 0.375. The first-order chi connectivity index (χ1) is 4.47. The average Bonchev–Trinajstić information content (AvgIpc) is 2.33. The number of fused-ring (bicyclic) bond motifs is 1. The summed E-state index contributed by atoms with van der Waals surface area (Å²) in [6, 6.07) is 10.1. The van der Waals surface area contributed by atoms with Crippen LogP contribution in [0.2, 0.25) is 0 Å². The van der Waals surface area contributed by atoms with E-state index in [0.29, 0.717) is 0 Å². The molecular formula is C8H6ClMgN. The number of hydrogen-bond acceptors (Lipinski definition) is 0. The molecule has 0 aliphatic heterocycles. The summed E-state index contributed by atoms with van der Waals surface area (Å²) in [6.07, 6.45) is 2.91. The van der Waals surface area contributed by atoms with Crippen LogP contribution in [0.25, 0.3) is 10.9 Å². The SMILES string of the molecule is [Cl-].[Mg+2].[c-]1cc2ccccc2[nH]1. The Balaban J connectivity index is 0.000000500. The third-order valence-electron chi connectivity index (χ3n) is 1.40. The number of rotatable bonds is 0. The normalized spacial score (nSPS) is 8.36. The van der Waals surface area contributed by atoms with E-state index < -0.39 is 0 Å². The molecule has 0 atom stereocenters. The molecule has 1 nitrogen and oxygen atoms in total. The molecule has 2 aromatic rings. The van der Waals surface area contributed by atoms with Crippen LogP contribution in [0.5, 0.6) is 0 Å². The van der Waals surface area contributed by atoms with Crippen LogP contribution < -0.4 is 12.4 Å². The summed E-state index contributed by atoms with van der Waals surface area (Å²) in [6.45, 7) is 0. The largest absolute Gasteiger partial charge is 2.00 e. The number of H-pyrrole nitrogens is 1. The summed E-state index contributed by atoms with van der Waals surface area (Å²) in [5, 5.41) is 1.22. The van der Waals surface area contributed by atoms with Gasteiger partial charge in [0.1, 0.15) is 0 Å². The number of aromatic nitrogens is 1. The first kappa shape index (κ1) is 10.8. The zero-order chi connectivity index (χ0) is 6.10. The molecule has 0 saturated carbocycles. The first-order valence-electron chi connectivity index (χ1n) is 2.90. The van der Waals surface area contributed by atoms with E-state index in [9.17, 15) is 0 Å². The molecule has 52 valence electrons. The Morgan fingerprint density at radius 1 is 1.18 bits per heavy atom. The van der Waals surface area contributed by atoms with Crippen molar-refractivity contribution >= 4 is 34.0 Å². The predicted octanol–water partition coefficient (Wildman–Crippen LogP) is -1.41. The molecule has 0 amide bonds. The molecule has 0 fully saturated rings. The molecule has 0 aliphatic rings. The number of hydrogen-bond donors (Lipinski definition) is 1. The monoisotopic (exact) mass is 175 g/mol. The summed E-state index contributed by atoms with van der Waals surface area (Å²) in [5.74, 6) is 0. The van der Waals surface area contributed by atoms with E-state index in [1.807, 2.05) is 24.3 Å². The number of benzene rings is 1. The Bertz CT molecular complexity index is 288. The molecule has 11 heavy (non-hydrogen) atoms. The summed E-state index contributed by atoms with van der Waals surface area (Å²) in [5.41, 5.74) is 1.15. The zero-order valence-corrected chi connectivity index (χ0v) is 8.14. The first-order valence-corrected chi connectivity index (χ1v) is 2.90. The minimum Gasteiger partial charge on any atom is -1.00 e. The fourth-order valence-electron chi connectivity index (χ4n) is 0.928. The van der Waals surface area contributed by atoms with Crippen molar-refractivity contribution in [3.8, 4) is 0 Å². The van der Waals surface area contributed by atoms with Gasteiger partial charge in [-0.2, -0.15) is 11.5 Å². The van der Waals surface area contributed by atoms with Gasteiger partial charge < -0.3 is 17.4 Å². The zero-order valence-electron chi connectivity index (χ0n) is 5.97. The van der Waals surface area contributed by atoms with Crippen molar-refractivity contribution in [3.05, 3.63) is 36.5 Å². The molecule has 0 radical (unpaired) electrons. The van der Waals surface area contributed by atoms with E-state index in [1.54, 1.807) is 0 Å². The molecule has 0 aliphatic carbocycles. The summed E-state index contributed by atoms with van der Waals surface area (Å²) in [4.78, 5) is 2.99. The van der Waals surface area contributed by atoms with Crippen LogP contribution in [0.4, 0.5) is 0 Å². The maximum absolute atomic E-state index is 2.99. The van der Waals surface area contributed by atoms with Crippen molar-refractivity contribution < 1.29 is 12.4 Å². The minimum absolute atomic E-state index is 0. The number of halogens is 1. The molecule has 0 saturated heterocycles. The topological polar surface area (TPSA) is 15.8 Å². The van der Waals surface area contributed by atoms with Gasteiger partial charge >= 0.3 is 23.1 Å². The van der Waals surface area contributed by atoms with E-state index in [-0.39, 0.29) is 35.5 Å². The molecular weight excluding hydrogens is 170 g/mol. The fraction of sp³-hybridized carbons (Fsp3) is 0. The third-order valence-corrected chi connectivity index (χ3v) is 1.40. The van der Waals surface area contributed by atoms with E-state index >= 15 is 0 Å². The summed E-state index contributed by atoms with van der Waals surface area (Å²) in [7, 11) is 0. The van der Waals surface area contributed by atoms with Crippen LogP contribution in [0.3, 0.4) is 0 Å². The Labute approximate surface area is 87.7 Å². The van der Waals surface area contributed by atoms with Crippen LogP contribution in [0.15, 0.2) is 30.3 Å². The van der Waals surface area contributed by atoms with Gasteiger partial charge in [0.25, 0.3) is 0 Å². The van der Waals surface area contributed by atoms with Crippen molar-refractivity contribution in [1.82, 2.24) is 4.98 Å². The molecule has 0 spiro atoms. The fourth-order valence-corrected chi connectivity index (χ4v) is 0.928. The van der Waals surface area contributed by atoms with Gasteiger partial charge in [-0.1, -0.05) is 12.1 Å². The van der Waals surface area contributed by atoms with Gasteiger partial charge in [-0.15, -0.1) is 23.8 Å². The van der Waals surface area contributed by atoms with E-state index in [4.69, 9.17) is 0 Å². The van der Waals surface area contributed by atoms with Crippen LogP contribution in [0.1, 0.15) is 0 Å². The van der Waals surface area contributed by atoms with Crippen molar-refractivity contribution in [3.63, 3.8) is 0 Å². The Morgan fingerprint density at radius 2 is 1.91 bits per heavy atom. The van der Waals surface area contributed by atoms with Crippen LogP contribution in [0, 0.1) is 6.20 Å². The van der Waals surface area contributed by atoms with Crippen molar-refractivity contribution in [2.24, 2.45) is 0 Å². The van der Waals surface area contributed by atoms with Crippen molar-refractivity contribution in [2.45, 2.75) is 0 Å². The Hall–Kier alpha value is -0.184. The van der Waals surface area contributed by atoms with Crippen LogP contribution in [-0.4, -0.2) is 28.0 Å². The summed E-state index contributed by atoms with van der Waals surface area (Å²) >= 11 is 0. The van der Waals surface area contributed by atoms with E-state index in [0.717, 1.165) is 5.52 Å². The molecule has 0 bridgehead atoms. The summed E-state index contributed by atoms with van der Waals surface area (Å²) < 4.78 is 0. The molecule has 0 unspecified atom stereocenters. The molecule has 2 rings (SSSR count). The van der Waals surface area contributed by atoms with Gasteiger partial charge in [-0.3, -0.25) is 0 Å². The minimum atomic E-state index is 0. The van der Waals surface area contributed by atoms with Crippen molar-refractivity contribution in [2.75, 3.05) is 0 Å². The number of para-hydroxylation sites is 1. The number of nitrogens with one attached hydrogen (secondary N) is 1. The van der Waals surface area contributed by atoms with E-state index in [2.05, 4.69) is 17.2 Å². The number of aromatic amines is 1. The maximum atomic E-state index is 2.99. The van der Waals surface area contributed by atoms with Crippen LogP contribution >= 0.6 is 0 Å². The van der Waals surface area contributed by atoms with Gasteiger partial charge in [-0.25, -0.2) is 0 Å². The Kier molecular flexibility index (Phi) is 4.57. The van der Waals surface area contributed by atoms with Gasteiger partial charge in [0.05, 0.1) is 0 Å². The van der Waals surface area contributed by atoms with Crippen molar-refractivity contribution in [1.29, 1.82) is 0 Å². The van der Waals surface area contributed by atoms with Gasteiger partial charge in [0, 0.05) is 0 Å². The maximum Gasteiger partial charge on any atom is 2.00 e. The van der Waals surface area contributed by atoms with Gasteiger partial charge in [0.15, 0.2) is 0 Å². The molecule has 1 heterocycles. The van der Waals surface area contributed by atoms with Gasteiger partial charge in [-0.05, 0) is 0 Å². The average molecular weight is 176 g/mol. The van der Waals surface area contributed by atoms with Crippen LogP contribution in [-0.2, 0) is 0 Å². The molecule has 1 N–H and O–H groups in total. The molecule has 3 heteroatoms. The Morgan fingerprint density at radius 3 is 2.64 bits per heavy atom. The molecule has 1 aromatic carbocycles. The van der Waals surface area contributed by atoms with E-state index in [1.165, 1.54) is 5.39 Å². The second-order valence-corrected chi connectivity index (χ2v) is 2.00. The second-order valence-electron chi connectivity index (χ2n) is 2.00. The third kappa shape index (κ3) is 2.12.